The number of hydrogen-bond acceptors (Lipinski definition) is 3. The van der Waals surface area contributed by atoms with E-state index in [1.54, 1.807) is 12.3 Å². The van der Waals surface area contributed by atoms with E-state index in [9.17, 15) is 9.18 Å². The Morgan fingerprint density at radius 1 is 1.25 bits per heavy atom. The zero-order valence-electron chi connectivity index (χ0n) is 11.0. The van der Waals surface area contributed by atoms with Crippen LogP contribution >= 0.6 is 0 Å². The smallest absolute Gasteiger partial charge is 0.153 e. The average Bonchev–Trinajstić information content (AvgIpc) is 2.59. The molecule has 3 nitrogen and oxygen atoms in total. The van der Waals surface area contributed by atoms with Crippen molar-refractivity contribution in [2.75, 3.05) is 0 Å². The molecule has 0 saturated heterocycles. The van der Waals surface area contributed by atoms with Crippen molar-refractivity contribution in [2.45, 2.75) is 25.3 Å². The van der Waals surface area contributed by atoms with Gasteiger partial charge in [0.2, 0.25) is 0 Å². The molecule has 0 amide bonds. The number of benzene rings is 1. The minimum atomic E-state index is -0.419. The fraction of sp³-hybridized carbons (Fsp3) is 0.250. The number of rotatable bonds is 1. The van der Waals surface area contributed by atoms with Crippen LogP contribution in [0.3, 0.4) is 0 Å². The summed E-state index contributed by atoms with van der Waals surface area (Å²) >= 11 is 0. The lowest BCUT2D eigenvalue weighted by Gasteiger charge is -2.12. The van der Waals surface area contributed by atoms with Crippen LogP contribution in [0.1, 0.15) is 17.5 Å². The van der Waals surface area contributed by atoms with Gasteiger partial charge in [-0.2, -0.15) is 0 Å². The number of nitrogens with zero attached hydrogens (tertiary/aromatic N) is 1. The largest absolute Gasteiger partial charge is 0.321 e. The molecule has 2 N–H and O–H groups in total. The van der Waals surface area contributed by atoms with E-state index in [4.69, 9.17) is 5.73 Å². The third-order valence-corrected chi connectivity index (χ3v) is 3.82. The summed E-state index contributed by atoms with van der Waals surface area (Å²) in [5.74, 6) is -0.354. The SMILES string of the molecule is NC1CCc2cccc(-c3ccncc3F)c2CC1=O. The number of carbonyl (C=O) groups is 1. The molecule has 0 radical (unpaired) electrons. The van der Waals surface area contributed by atoms with E-state index in [-0.39, 0.29) is 18.0 Å². The summed E-state index contributed by atoms with van der Waals surface area (Å²) < 4.78 is 13.9. The van der Waals surface area contributed by atoms with Gasteiger partial charge in [0, 0.05) is 18.2 Å². The normalized spacial score (nSPS) is 18.5. The van der Waals surface area contributed by atoms with Gasteiger partial charge in [0.15, 0.2) is 5.78 Å². The van der Waals surface area contributed by atoms with Crippen LogP contribution in [-0.2, 0) is 17.6 Å². The Hall–Kier alpha value is -2.07. The second-order valence-corrected chi connectivity index (χ2v) is 5.09. The highest BCUT2D eigenvalue weighted by Crippen LogP contribution is 2.31. The first kappa shape index (κ1) is 12.9. The Labute approximate surface area is 116 Å². The number of aromatic nitrogens is 1. The molecule has 0 bridgehead atoms. The van der Waals surface area contributed by atoms with Crippen LogP contribution in [0.25, 0.3) is 11.1 Å². The number of nitrogens with two attached hydrogens (primary N) is 1. The van der Waals surface area contributed by atoms with Gasteiger partial charge in [-0.05, 0) is 35.6 Å². The molecule has 20 heavy (non-hydrogen) atoms. The van der Waals surface area contributed by atoms with Gasteiger partial charge in [-0.15, -0.1) is 0 Å². The first-order valence-electron chi connectivity index (χ1n) is 6.66. The van der Waals surface area contributed by atoms with E-state index < -0.39 is 6.04 Å². The summed E-state index contributed by atoms with van der Waals surface area (Å²) in [6, 6.07) is 6.96. The van der Waals surface area contributed by atoms with E-state index in [1.807, 2.05) is 18.2 Å². The number of hydrogen-bond donors (Lipinski definition) is 1. The average molecular weight is 270 g/mol. The standard InChI is InChI=1S/C16H15FN2O/c17-14-9-19-7-6-12(14)11-3-1-2-10-4-5-15(18)16(20)8-13(10)11/h1-3,6-7,9,15H,4-5,8,18H2. The van der Waals surface area contributed by atoms with Gasteiger partial charge in [0.05, 0.1) is 12.2 Å². The molecule has 1 heterocycles. The molecule has 1 aromatic carbocycles. The van der Waals surface area contributed by atoms with Crippen LogP contribution in [-0.4, -0.2) is 16.8 Å². The van der Waals surface area contributed by atoms with Crippen molar-refractivity contribution in [1.29, 1.82) is 0 Å². The van der Waals surface area contributed by atoms with Crippen molar-refractivity contribution in [3.05, 3.63) is 53.6 Å². The number of pyridine rings is 1. The maximum Gasteiger partial charge on any atom is 0.153 e. The van der Waals surface area contributed by atoms with Crippen LogP contribution < -0.4 is 5.73 Å². The zero-order valence-corrected chi connectivity index (χ0v) is 11.0. The first-order valence-corrected chi connectivity index (χ1v) is 6.66. The van der Waals surface area contributed by atoms with Crippen LogP contribution in [0.2, 0.25) is 0 Å². The second-order valence-electron chi connectivity index (χ2n) is 5.09. The third kappa shape index (κ3) is 2.23. The molecular formula is C16H15FN2O. The van der Waals surface area contributed by atoms with E-state index in [2.05, 4.69) is 4.98 Å². The van der Waals surface area contributed by atoms with Gasteiger partial charge < -0.3 is 5.73 Å². The molecule has 1 unspecified atom stereocenters. The maximum atomic E-state index is 13.9. The molecule has 1 aliphatic carbocycles. The molecule has 0 fully saturated rings. The molecule has 0 spiro atoms. The van der Waals surface area contributed by atoms with Gasteiger partial charge in [0.1, 0.15) is 5.82 Å². The molecule has 0 saturated carbocycles. The molecule has 2 aromatic rings. The summed E-state index contributed by atoms with van der Waals surface area (Å²) in [7, 11) is 0. The number of fused-ring (bicyclic) bond motifs is 1. The molecule has 102 valence electrons. The lowest BCUT2D eigenvalue weighted by Crippen LogP contribution is -2.30. The Morgan fingerprint density at radius 3 is 2.90 bits per heavy atom. The van der Waals surface area contributed by atoms with Crippen LogP contribution in [0.15, 0.2) is 36.7 Å². The van der Waals surface area contributed by atoms with Crippen molar-refractivity contribution in [1.82, 2.24) is 4.98 Å². The second kappa shape index (κ2) is 5.13. The molecule has 1 atom stereocenters. The van der Waals surface area contributed by atoms with Gasteiger partial charge in [-0.3, -0.25) is 9.78 Å². The summed E-state index contributed by atoms with van der Waals surface area (Å²) in [5.41, 5.74) is 9.08. The van der Waals surface area contributed by atoms with Crippen LogP contribution in [0.5, 0.6) is 0 Å². The molecule has 1 aliphatic rings. The predicted octanol–water partition coefficient (Wildman–Crippen LogP) is 2.27. The topological polar surface area (TPSA) is 56.0 Å². The highest BCUT2D eigenvalue weighted by molar-refractivity contribution is 5.89. The molecule has 3 rings (SSSR count). The minimum absolute atomic E-state index is 0.0191. The first-order chi connectivity index (χ1) is 9.66. The van der Waals surface area contributed by atoms with E-state index in [0.29, 0.717) is 12.0 Å². The lowest BCUT2D eigenvalue weighted by atomic mass is 9.92. The fourth-order valence-corrected chi connectivity index (χ4v) is 2.70. The minimum Gasteiger partial charge on any atom is -0.321 e. The molecular weight excluding hydrogens is 255 g/mol. The summed E-state index contributed by atoms with van der Waals surface area (Å²) in [6.45, 7) is 0. The summed E-state index contributed by atoms with van der Waals surface area (Å²) in [6.07, 6.45) is 4.42. The number of ketones is 1. The third-order valence-electron chi connectivity index (χ3n) is 3.82. The van der Waals surface area contributed by atoms with Crippen molar-refractivity contribution in [3.63, 3.8) is 0 Å². The van der Waals surface area contributed by atoms with Gasteiger partial charge >= 0.3 is 0 Å². The Bertz CT molecular complexity index is 669. The number of carbonyl (C=O) groups excluding carboxylic acids is 1. The highest BCUT2D eigenvalue weighted by atomic mass is 19.1. The predicted molar refractivity (Wildman–Crippen MR) is 74.6 cm³/mol. The number of halogens is 1. The van der Waals surface area contributed by atoms with Crippen molar-refractivity contribution >= 4 is 5.78 Å². The maximum absolute atomic E-state index is 13.9. The number of Topliss-reactive ketones (excluding diaryl/α,β-unsaturated/α-hetero) is 1. The van der Waals surface area contributed by atoms with E-state index in [1.165, 1.54) is 6.20 Å². The van der Waals surface area contributed by atoms with Crippen molar-refractivity contribution < 1.29 is 9.18 Å². The molecule has 1 aromatic heterocycles. The molecule has 4 heteroatoms. The quantitative estimate of drug-likeness (QED) is 0.809. The lowest BCUT2D eigenvalue weighted by molar-refractivity contribution is -0.119. The van der Waals surface area contributed by atoms with Gasteiger partial charge in [-0.1, -0.05) is 18.2 Å². The van der Waals surface area contributed by atoms with Gasteiger partial charge in [-0.25, -0.2) is 4.39 Å². The Kier molecular flexibility index (Phi) is 3.32. The van der Waals surface area contributed by atoms with E-state index >= 15 is 0 Å². The molecule has 0 aliphatic heterocycles. The number of aryl methyl sites for hydroxylation is 1. The van der Waals surface area contributed by atoms with Crippen molar-refractivity contribution in [3.8, 4) is 11.1 Å². The Morgan fingerprint density at radius 2 is 2.10 bits per heavy atom. The summed E-state index contributed by atoms with van der Waals surface area (Å²) in [5, 5.41) is 0. The van der Waals surface area contributed by atoms with Crippen molar-refractivity contribution in [2.24, 2.45) is 5.73 Å². The summed E-state index contributed by atoms with van der Waals surface area (Å²) in [4.78, 5) is 15.8. The zero-order chi connectivity index (χ0) is 14.1. The highest BCUT2D eigenvalue weighted by Gasteiger charge is 2.23. The van der Waals surface area contributed by atoms with Crippen LogP contribution in [0, 0.1) is 5.82 Å². The van der Waals surface area contributed by atoms with E-state index in [0.717, 1.165) is 23.1 Å². The van der Waals surface area contributed by atoms with Crippen LogP contribution in [0.4, 0.5) is 4.39 Å². The fourth-order valence-electron chi connectivity index (χ4n) is 2.70. The Balaban J connectivity index is 2.15. The van der Waals surface area contributed by atoms with Gasteiger partial charge in [0.25, 0.3) is 0 Å². The monoisotopic (exact) mass is 270 g/mol.